The van der Waals surface area contributed by atoms with Gasteiger partial charge in [-0.15, -0.1) is 0 Å². The smallest absolute Gasteiger partial charge is 0.337 e. The number of nitriles is 1. The zero-order valence-corrected chi connectivity index (χ0v) is 24.7. The molecule has 0 radical (unpaired) electrons. The van der Waals surface area contributed by atoms with Gasteiger partial charge in [0.1, 0.15) is 6.61 Å². The summed E-state index contributed by atoms with van der Waals surface area (Å²) in [5, 5.41) is 17.0. The van der Waals surface area contributed by atoms with E-state index in [-0.39, 0.29) is 18.3 Å². The fraction of sp³-hybridized carbons (Fsp3) is 0.265. The summed E-state index contributed by atoms with van der Waals surface area (Å²) in [7, 11) is 0. The van der Waals surface area contributed by atoms with Gasteiger partial charge in [0.15, 0.2) is 0 Å². The Bertz CT molecular complexity index is 1480. The number of dihydropyridines is 1. The molecule has 7 heteroatoms. The number of allylic oxidation sites excluding steroid dienone is 2. The van der Waals surface area contributed by atoms with Crippen LogP contribution in [0.15, 0.2) is 101 Å². The van der Waals surface area contributed by atoms with Gasteiger partial charge in [0.05, 0.1) is 33.9 Å². The summed E-state index contributed by atoms with van der Waals surface area (Å²) in [6.07, 6.45) is 0.927. The molecular weight excluding hydrogens is 530 g/mol. The van der Waals surface area contributed by atoms with Gasteiger partial charge in [-0.05, 0) is 53.6 Å². The number of carbonyl (C=O) groups excluding carboxylic acids is 2. The van der Waals surface area contributed by atoms with Crippen molar-refractivity contribution in [1.82, 2.24) is 5.32 Å². The van der Waals surface area contributed by atoms with Crippen molar-refractivity contribution in [2.24, 2.45) is 0 Å². The molecule has 0 bridgehead atoms. The summed E-state index contributed by atoms with van der Waals surface area (Å²) in [5.41, 5.74) is 6.14. The highest BCUT2D eigenvalue weighted by atomic mass is 32.2. The number of amides is 1. The first-order chi connectivity index (χ1) is 19.8. The number of benzene rings is 3. The maximum absolute atomic E-state index is 13.5. The Morgan fingerprint density at radius 1 is 1.00 bits per heavy atom. The molecule has 0 saturated carbocycles. The molecular formula is C34H35N3O3S. The normalized spacial score (nSPS) is 14.9. The Hall–Kier alpha value is -4.28. The maximum atomic E-state index is 13.5. The number of nitrogens with one attached hydrogen (secondary N) is 2. The quantitative estimate of drug-likeness (QED) is 0.253. The largest absolute Gasteiger partial charge is 0.457 e. The number of hydrogen-bond acceptors (Lipinski definition) is 6. The van der Waals surface area contributed by atoms with Gasteiger partial charge < -0.3 is 15.4 Å². The molecule has 0 fully saturated rings. The Kier molecular flexibility index (Phi) is 10.0. The Labute approximate surface area is 246 Å². The molecule has 0 unspecified atom stereocenters. The average Bonchev–Trinajstić information content (AvgIpc) is 2.99. The molecule has 210 valence electrons. The van der Waals surface area contributed by atoms with E-state index in [2.05, 4.69) is 37.5 Å². The van der Waals surface area contributed by atoms with Gasteiger partial charge in [-0.25, -0.2) is 4.79 Å². The predicted octanol–water partition coefficient (Wildman–Crippen LogP) is 7.18. The first-order valence-electron chi connectivity index (χ1n) is 13.7. The molecule has 3 aromatic rings. The van der Waals surface area contributed by atoms with E-state index in [4.69, 9.17) is 4.74 Å². The van der Waals surface area contributed by atoms with Crippen molar-refractivity contribution in [2.75, 3.05) is 11.1 Å². The lowest BCUT2D eigenvalue weighted by molar-refractivity contribution is -0.140. The Morgan fingerprint density at radius 2 is 1.68 bits per heavy atom. The number of carbonyl (C=O) groups is 2. The molecule has 3 aromatic carbocycles. The van der Waals surface area contributed by atoms with Gasteiger partial charge >= 0.3 is 5.97 Å². The van der Waals surface area contributed by atoms with E-state index in [0.29, 0.717) is 27.8 Å². The first-order valence-corrected chi connectivity index (χ1v) is 14.7. The highest BCUT2D eigenvalue weighted by molar-refractivity contribution is 8.03. The molecule has 1 aliphatic rings. The van der Waals surface area contributed by atoms with Crippen LogP contribution >= 0.6 is 11.8 Å². The summed E-state index contributed by atoms with van der Waals surface area (Å²) >= 11 is 1.25. The monoisotopic (exact) mass is 565 g/mol. The minimum absolute atomic E-state index is 0.100. The van der Waals surface area contributed by atoms with Gasteiger partial charge in [0, 0.05) is 11.4 Å². The van der Waals surface area contributed by atoms with Gasteiger partial charge in [-0.3, -0.25) is 4.79 Å². The van der Waals surface area contributed by atoms with Crippen LogP contribution in [0.25, 0.3) is 0 Å². The number of thioether (sulfide) groups is 1. The van der Waals surface area contributed by atoms with Crippen LogP contribution in [0.4, 0.5) is 5.69 Å². The van der Waals surface area contributed by atoms with Gasteiger partial charge in [-0.2, -0.15) is 5.26 Å². The number of rotatable bonds is 10. The number of esters is 1. The first kappa shape index (κ1) is 29.7. The van der Waals surface area contributed by atoms with Gasteiger partial charge in [0.2, 0.25) is 5.91 Å². The Morgan fingerprint density at radius 3 is 2.29 bits per heavy atom. The second kappa shape index (κ2) is 13.9. The van der Waals surface area contributed by atoms with Crippen LogP contribution in [0, 0.1) is 11.3 Å². The van der Waals surface area contributed by atoms with E-state index in [9.17, 15) is 14.9 Å². The van der Waals surface area contributed by atoms with Crippen LogP contribution in [-0.4, -0.2) is 17.6 Å². The molecule has 0 aromatic heterocycles. The lowest BCUT2D eigenvalue weighted by Gasteiger charge is -2.29. The predicted molar refractivity (Wildman–Crippen MR) is 165 cm³/mol. The standard InChI is InChI=1S/C34H35N3O3S/c1-5-24-11-17-28(18-12-24)37-30(38)21-41-33-29(19-35)32(27-15-13-26(14-16-27)22(2)3)31(23(4)36-33)34(39)40-20-25-9-7-6-8-10-25/h6-18,22,32,36H,5,20-21H2,1-4H3,(H,37,38)/t32-/m0/s1. The number of nitrogens with zero attached hydrogens (tertiary/aromatic N) is 1. The fourth-order valence-corrected chi connectivity index (χ4v) is 5.55. The third kappa shape index (κ3) is 7.47. The van der Waals surface area contributed by atoms with E-state index in [1.54, 1.807) is 6.92 Å². The Balaban J connectivity index is 1.59. The maximum Gasteiger partial charge on any atom is 0.337 e. The van der Waals surface area contributed by atoms with Crippen LogP contribution in [0.2, 0.25) is 0 Å². The number of hydrogen-bond donors (Lipinski definition) is 2. The number of anilines is 1. The molecule has 1 atom stereocenters. The zero-order valence-electron chi connectivity index (χ0n) is 23.9. The van der Waals surface area contributed by atoms with Crippen molar-refractivity contribution in [3.05, 3.63) is 123 Å². The lowest BCUT2D eigenvalue weighted by Crippen LogP contribution is -2.29. The lowest BCUT2D eigenvalue weighted by atomic mass is 9.82. The van der Waals surface area contributed by atoms with Crippen LogP contribution < -0.4 is 10.6 Å². The van der Waals surface area contributed by atoms with Crippen molar-refractivity contribution in [1.29, 1.82) is 5.26 Å². The van der Waals surface area contributed by atoms with E-state index in [1.165, 1.54) is 17.3 Å². The second-order valence-corrected chi connectivity index (χ2v) is 11.2. The molecule has 41 heavy (non-hydrogen) atoms. The topological polar surface area (TPSA) is 91.2 Å². The minimum atomic E-state index is -0.627. The average molecular weight is 566 g/mol. The van der Waals surface area contributed by atoms with Crippen LogP contribution in [0.5, 0.6) is 0 Å². The number of aryl methyl sites for hydroxylation is 1. The minimum Gasteiger partial charge on any atom is -0.457 e. The zero-order chi connectivity index (χ0) is 29.4. The van der Waals surface area contributed by atoms with Crippen molar-refractivity contribution in [3.8, 4) is 6.07 Å². The summed E-state index contributed by atoms with van der Waals surface area (Å²) in [5.74, 6) is -0.847. The molecule has 1 amide bonds. The second-order valence-electron chi connectivity index (χ2n) is 10.2. The number of ether oxygens (including phenoxy) is 1. The third-order valence-electron chi connectivity index (χ3n) is 7.01. The van der Waals surface area contributed by atoms with Crippen LogP contribution in [0.1, 0.15) is 61.8 Å². The van der Waals surface area contributed by atoms with E-state index in [1.807, 2.05) is 78.9 Å². The van der Waals surface area contributed by atoms with E-state index >= 15 is 0 Å². The van der Waals surface area contributed by atoms with Crippen molar-refractivity contribution in [2.45, 2.75) is 52.6 Å². The summed E-state index contributed by atoms with van der Waals surface area (Å²) in [4.78, 5) is 26.3. The molecule has 4 rings (SSSR count). The van der Waals surface area contributed by atoms with E-state index in [0.717, 1.165) is 28.8 Å². The van der Waals surface area contributed by atoms with Crippen molar-refractivity contribution in [3.63, 3.8) is 0 Å². The van der Waals surface area contributed by atoms with Crippen LogP contribution in [-0.2, 0) is 27.4 Å². The molecule has 2 N–H and O–H groups in total. The van der Waals surface area contributed by atoms with Crippen molar-refractivity contribution < 1.29 is 14.3 Å². The summed E-state index contributed by atoms with van der Waals surface area (Å²) in [6.45, 7) is 8.25. The highest BCUT2D eigenvalue weighted by Gasteiger charge is 2.35. The third-order valence-corrected chi connectivity index (χ3v) is 8.03. The van der Waals surface area contributed by atoms with Crippen molar-refractivity contribution >= 4 is 29.3 Å². The summed E-state index contributed by atoms with van der Waals surface area (Å²) in [6, 6.07) is 27.6. The van der Waals surface area contributed by atoms with Crippen LogP contribution in [0.3, 0.4) is 0 Å². The summed E-state index contributed by atoms with van der Waals surface area (Å²) < 4.78 is 5.72. The SMILES string of the molecule is CCc1ccc(NC(=O)CSC2=C(C#N)[C@H](c3ccc(C(C)C)cc3)C(C(=O)OCc3ccccc3)=C(C)N2)cc1. The highest BCUT2D eigenvalue weighted by Crippen LogP contribution is 2.41. The molecule has 1 aliphatic heterocycles. The molecule has 6 nitrogen and oxygen atoms in total. The fourth-order valence-electron chi connectivity index (χ4n) is 4.66. The molecule has 1 heterocycles. The van der Waals surface area contributed by atoms with Gasteiger partial charge in [0.25, 0.3) is 0 Å². The molecule has 0 aliphatic carbocycles. The molecule has 0 saturated heterocycles. The van der Waals surface area contributed by atoms with Gasteiger partial charge in [-0.1, -0.05) is 99.3 Å². The molecule has 0 spiro atoms. The van der Waals surface area contributed by atoms with E-state index < -0.39 is 11.9 Å².